The van der Waals surface area contributed by atoms with Gasteiger partial charge in [-0.3, -0.25) is 0 Å². The molecule has 118 valence electrons. The molecule has 1 aromatic rings. The third-order valence-corrected chi connectivity index (χ3v) is 5.25. The predicted molar refractivity (Wildman–Crippen MR) is 93.7 cm³/mol. The van der Waals surface area contributed by atoms with Crippen molar-refractivity contribution in [3.05, 3.63) is 11.4 Å². The summed E-state index contributed by atoms with van der Waals surface area (Å²) in [6.07, 6.45) is 3.26. The number of anilines is 2. The zero-order valence-electron chi connectivity index (χ0n) is 13.8. The van der Waals surface area contributed by atoms with Crippen molar-refractivity contribution < 1.29 is 0 Å². The third kappa shape index (κ3) is 4.02. The standard InChI is InChI=1S/C16H28N4S/c1-5-8-14-18-15(17-7-3)12(4)16(19-14)20-9-10-21-13(6-2)11-20/h13H,5-11H2,1-4H3,(H,17,18,19). The summed E-state index contributed by atoms with van der Waals surface area (Å²) < 4.78 is 0. The minimum Gasteiger partial charge on any atom is -0.370 e. The second kappa shape index (κ2) is 7.87. The molecule has 0 spiro atoms. The van der Waals surface area contributed by atoms with Crippen LogP contribution in [0, 0.1) is 6.92 Å². The normalized spacial score (nSPS) is 18.9. The number of thioether (sulfide) groups is 1. The van der Waals surface area contributed by atoms with Gasteiger partial charge in [0.15, 0.2) is 0 Å². The lowest BCUT2D eigenvalue weighted by atomic mass is 10.2. The Balaban J connectivity index is 2.31. The van der Waals surface area contributed by atoms with E-state index in [-0.39, 0.29) is 0 Å². The molecule has 2 heterocycles. The molecule has 1 unspecified atom stereocenters. The van der Waals surface area contributed by atoms with E-state index in [9.17, 15) is 0 Å². The third-order valence-electron chi connectivity index (χ3n) is 3.88. The van der Waals surface area contributed by atoms with Gasteiger partial charge in [-0.25, -0.2) is 9.97 Å². The Bertz CT molecular complexity index is 464. The number of aromatic nitrogens is 2. The van der Waals surface area contributed by atoms with Crippen LogP contribution in [-0.2, 0) is 6.42 Å². The minimum atomic E-state index is 0.727. The summed E-state index contributed by atoms with van der Waals surface area (Å²) in [5.74, 6) is 4.32. The summed E-state index contributed by atoms with van der Waals surface area (Å²) in [6.45, 7) is 11.8. The van der Waals surface area contributed by atoms with Crippen molar-refractivity contribution in [1.82, 2.24) is 9.97 Å². The van der Waals surface area contributed by atoms with E-state index in [4.69, 9.17) is 9.97 Å². The lowest BCUT2D eigenvalue weighted by Crippen LogP contribution is -2.39. The van der Waals surface area contributed by atoms with E-state index < -0.39 is 0 Å². The van der Waals surface area contributed by atoms with Crippen molar-refractivity contribution in [3.63, 3.8) is 0 Å². The van der Waals surface area contributed by atoms with Gasteiger partial charge in [0.05, 0.1) is 0 Å². The first kappa shape index (κ1) is 16.4. The molecule has 2 rings (SSSR count). The predicted octanol–water partition coefficient (Wildman–Crippen LogP) is 3.50. The van der Waals surface area contributed by atoms with Gasteiger partial charge in [0, 0.05) is 42.6 Å². The van der Waals surface area contributed by atoms with Gasteiger partial charge in [0.1, 0.15) is 17.5 Å². The van der Waals surface area contributed by atoms with Crippen LogP contribution in [-0.4, -0.2) is 40.6 Å². The van der Waals surface area contributed by atoms with Gasteiger partial charge in [-0.15, -0.1) is 0 Å². The van der Waals surface area contributed by atoms with Gasteiger partial charge in [-0.05, 0) is 26.7 Å². The number of aryl methyl sites for hydroxylation is 1. The van der Waals surface area contributed by atoms with Crippen LogP contribution < -0.4 is 10.2 Å². The first-order valence-corrected chi connectivity index (χ1v) is 9.22. The molecule has 0 radical (unpaired) electrons. The Morgan fingerprint density at radius 2 is 2.10 bits per heavy atom. The molecule has 0 saturated carbocycles. The smallest absolute Gasteiger partial charge is 0.137 e. The van der Waals surface area contributed by atoms with Crippen molar-refractivity contribution in [2.45, 2.75) is 52.2 Å². The molecule has 0 aliphatic carbocycles. The average Bonchev–Trinajstić information content (AvgIpc) is 2.51. The minimum absolute atomic E-state index is 0.727. The van der Waals surface area contributed by atoms with E-state index in [1.165, 1.54) is 17.7 Å². The molecular weight excluding hydrogens is 280 g/mol. The highest BCUT2D eigenvalue weighted by Crippen LogP contribution is 2.29. The maximum Gasteiger partial charge on any atom is 0.137 e. The van der Waals surface area contributed by atoms with E-state index >= 15 is 0 Å². The largest absolute Gasteiger partial charge is 0.370 e. The lowest BCUT2D eigenvalue weighted by Gasteiger charge is -2.34. The fourth-order valence-electron chi connectivity index (χ4n) is 2.69. The highest BCUT2D eigenvalue weighted by Gasteiger charge is 2.23. The Morgan fingerprint density at radius 3 is 2.76 bits per heavy atom. The molecule has 4 nitrogen and oxygen atoms in total. The van der Waals surface area contributed by atoms with E-state index in [1.54, 1.807) is 0 Å². The van der Waals surface area contributed by atoms with E-state index in [2.05, 4.69) is 49.7 Å². The quantitative estimate of drug-likeness (QED) is 0.871. The fourth-order valence-corrected chi connectivity index (χ4v) is 3.87. The SMILES string of the molecule is CCCc1nc(NCC)c(C)c(N2CCSC(CC)C2)n1. The summed E-state index contributed by atoms with van der Waals surface area (Å²) in [7, 11) is 0. The van der Waals surface area contributed by atoms with Crippen LogP contribution in [0.15, 0.2) is 0 Å². The molecule has 0 bridgehead atoms. The first-order chi connectivity index (χ1) is 10.2. The van der Waals surface area contributed by atoms with Crippen molar-refractivity contribution in [3.8, 4) is 0 Å². The molecule has 1 aliphatic heterocycles. The van der Waals surface area contributed by atoms with Crippen LogP contribution in [0.2, 0.25) is 0 Å². The summed E-state index contributed by atoms with van der Waals surface area (Å²) >= 11 is 2.10. The molecule has 1 aliphatic rings. The lowest BCUT2D eigenvalue weighted by molar-refractivity contribution is 0.709. The maximum absolute atomic E-state index is 4.86. The summed E-state index contributed by atoms with van der Waals surface area (Å²) in [4.78, 5) is 12.0. The van der Waals surface area contributed by atoms with Crippen LogP contribution in [0.4, 0.5) is 11.6 Å². The number of rotatable bonds is 6. The first-order valence-electron chi connectivity index (χ1n) is 8.17. The van der Waals surface area contributed by atoms with Crippen LogP contribution in [0.1, 0.15) is 45.0 Å². The molecule has 0 aromatic carbocycles. The molecule has 1 atom stereocenters. The zero-order valence-corrected chi connectivity index (χ0v) is 14.6. The van der Waals surface area contributed by atoms with Crippen molar-refractivity contribution >= 4 is 23.4 Å². The molecule has 5 heteroatoms. The monoisotopic (exact) mass is 308 g/mol. The van der Waals surface area contributed by atoms with Gasteiger partial charge < -0.3 is 10.2 Å². The van der Waals surface area contributed by atoms with Gasteiger partial charge in [-0.2, -0.15) is 11.8 Å². The molecule has 21 heavy (non-hydrogen) atoms. The fraction of sp³-hybridized carbons (Fsp3) is 0.750. The Kier molecular flexibility index (Phi) is 6.15. The Labute approximate surface area is 133 Å². The Hall–Kier alpha value is -0.970. The van der Waals surface area contributed by atoms with Gasteiger partial charge in [0.25, 0.3) is 0 Å². The number of hydrogen-bond acceptors (Lipinski definition) is 5. The number of hydrogen-bond donors (Lipinski definition) is 1. The van der Waals surface area contributed by atoms with Crippen molar-refractivity contribution in [2.75, 3.05) is 35.6 Å². The molecule has 1 aromatic heterocycles. The maximum atomic E-state index is 4.86. The Morgan fingerprint density at radius 1 is 1.29 bits per heavy atom. The van der Waals surface area contributed by atoms with Crippen LogP contribution in [0.3, 0.4) is 0 Å². The van der Waals surface area contributed by atoms with Gasteiger partial charge in [0.2, 0.25) is 0 Å². The van der Waals surface area contributed by atoms with Crippen molar-refractivity contribution in [2.24, 2.45) is 0 Å². The summed E-state index contributed by atoms with van der Waals surface area (Å²) in [5.41, 5.74) is 1.19. The van der Waals surface area contributed by atoms with Gasteiger partial charge >= 0.3 is 0 Å². The second-order valence-electron chi connectivity index (χ2n) is 5.56. The highest BCUT2D eigenvalue weighted by atomic mass is 32.2. The number of nitrogens with one attached hydrogen (secondary N) is 1. The highest BCUT2D eigenvalue weighted by molar-refractivity contribution is 8.00. The van der Waals surface area contributed by atoms with Crippen LogP contribution in [0.5, 0.6) is 0 Å². The summed E-state index contributed by atoms with van der Waals surface area (Å²) in [6, 6.07) is 0. The molecule has 1 N–H and O–H groups in total. The molecule has 1 fully saturated rings. The molecule has 0 amide bonds. The summed E-state index contributed by atoms with van der Waals surface area (Å²) in [5, 5.41) is 4.12. The van der Waals surface area contributed by atoms with Crippen molar-refractivity contribution in [1.29, 1.82) is 0 Å². The zero-order chi connectivity index (χ0) is 15.2. The average molecular weight is 308 g/mol. The number of nitrogens with zero attached hydrogens (tertiary/aromatic N) is 3. The van der Waals surface area contributed by atoms with E-state index in [0.29, 0.717) is 0 Å². The van der Waals surface area contributed by atoms with Gasteiger partial charge in [-0.1, -0.05) is 13.8 Å². The van der Waals surface area contributed by atoms with E-state index in [0.717, 1.165) is 55.2 Å². The van der Waals surface area contributed by atoms with Crippen LogP contribution in [0.25, 0.3) is 0 Å². The topological polar surface area (TPSA) is 41.1 Å². The molecular formula is C16H28N4S. The molecule has 1 saturated heterocycles. The second-order valence-corrected chi connectivity index (χ2v) is 6.97. The van der Waals surface area contributed by atoms with E-state index in [1.807, 2.05) is 0 Å². The van der Waals surface area contributed by atoms with Crippen LogP contribution >= 0.6 is 11.8 Å².